The molecule has 1 aliphatic rings. The Morgan fingerprint density at radius 2 is 2.35 bits per heavy atom. The Bertz CT molecular complexity index is 609. The summed E-state index contributed by atoms with van der Waals surface area (Å²) in [5.74, 6) is 1.22. The molecule has 2 aromatic heterocycles. The van der Waals surface area contributed by atoms with E-state index in [1.54, 1.807) is 11.3 Å². The Hall–Kier alpha value is -1.40. The predicted molar refractivity (Wildman–Crippen MR) is 85.3 cm³/mol. The highest BCUT2D eigenvalue weighted by atomic mass is 32.1. The molecule has 0 aliphatic carbocycles. The third kappa shape index (κ3) is 2.58. The van der Waals surface area contributed by atoms with E-state index in [4.69, 9.17) is 5.73 Å². The van der Waals surface area contributed by atoms with Gasteiger partial charge in [-0.1, -0.05) is 6.92 Å². The summed E-state index contributed by atoms with van der Waals surface area (Å²) in [7, 11) is 0. The van der Waals surface area contributed by atoms with E-state index in [0.717, 1.165) is 29.1 Å². The number of likely N-dealkylation sites (tertiary alicyclic amines) is 1. The highest BCUT2D eigenvalue weighted by Crippen LogP contribution is 2.29. The maximum absolute atomic E-state index is 5.81. The summed E-state index contributed by atoms with van der Waals surface area (Å²) in [6.07, 6.45) is 2.55. The van der Waals surface area contributed by atoms with Crippen LogP contribution in [0.1, 0.15) is 24.6 Å². The highest BCUT2D eigenvalue weighted by Gasteiger charge is 2.23. The number of nitrogen functional groups attached to an aromatic ring is 1. The molecule has 3 rings (SSSR count). The number of hydrogen-bond donors (Lipinski definition) is 2. The van der Waals surface area contributed by atoms with Gasteiger partial charge < -0.3 is 11.1 Å². The molecule has 5 nitrogen and oxygen atoms in total. The van der Waals surface area contributed by atoms with E-state index in [2.05, 4.69) is 40.1 Å². The lowest BCUT2D eigenvalue weighted by molar-refractivity contribution is 0.277. The van der Waals surface area contributed by atoms with Crippen LogP contribution in [0.3, 0.4) is 0 Å². The number of aryl methyl sites for hydroxylation is 1. The third-order valence-corrected chi connectivity index (χ3v) is 4.89. The van der Waals surface area contributed by atoms with Crippen LogP contribution in [0.5, 0.6) is 0 Å². The Morgan fingerprint density at radius 1 is 1.50 bits per heavy atom. The molecular weight excluding hydrogens is 270 g/mol. The molecule has 1 aliphatic heterocycles. The zero-order valence-electron chi connectivity index (χ0n) is 12.0. The predicted octanol–water partition coefficient (Wildman–Crippen LogP) is 2.48. The number of nitrogens with zero attached hydrogens (tertiary/aromatic N) is 3. The molecule has 1 fully saturated rings. The Kier molecular flexibility index (Phi) is 3.76. The van der Waals surface area contributed by atoms with Crippen LogP contribution in [-0.4, -0.2) is 40.5 Å². The highest BCUT2D eigenvalue weighted by molar-refractivity contribution is 7.18. The number of nitrogens with one attached hydrogen (secondary N) is 1. The van der Waals surface area contributed by atoms with E-state index in [-0.39, 0.29) is 0 Å². The fraction of sp³-hybridized carbons (Fsp3) is 0.571. The van der Waals surface area contributed by atoms with Crippen molar-refractivity contribution < 1.29 is 0 Å². The van der Waals surface area contributed by atoms with Crippen molar-refractivity contribution >= 4 is 33.3 Å². The molecule has 0 spiro atoms. The third-order valence-electron chi connectivity index (χ3n) is 3.94. The Morgan fingerprint density at radius 3 is 3.15 bits per heavy atom. The molecule has 2 aromatic rings. The number of hydrogen-bond acceptors (Lipinski definition) is 6. The van der Waals surface area contributed by atoms with Crippen molar-refractivity contribution in [1.82, 2.24) is 14.9 Å². The molecule has 1 unspecified atom stereocenters. The minimum absolute atomic E-state index is 0.348. The number of thiophene rings is 1. The van der Waals surface area contributed by atoms with E-state index in [1.165, 1.54) is 24.3 Å². The van der Waals surface area contributed by atoms with Crippen molar-refractivity contribution in [3.8, 4) is 0 Å². The van der Waals surface area contributed by atoms with E-state index in [9.17, 15) is 0 Å². The Labute approximate surface area is 123 Å². The lowest BCUT2D eigenvalue weighted by Gasteiger charge is -2.23. The van der Waals surface area contributed by atoms with E-state index >= 15 is 0 Å². The molecule has 0 bridgehead atoms. The molecule has 1 saturated heterocycles. The fourth-order valence-corrected chi connectivity index (χ4v) is 3.84. The van der Waals surface area contributed by atoms with Crippen LogP contribution in [0.2, 0.25) is 0 Å². The van der Waals surface area contributed by atoms with Crippen LogP contribution in [0.15, 0.2) is 6.07 Å². The van der Waals surface area contributed by atoms with Gasteiger partial charge in [0.05, 0.1) is 5.39 Å². The molecule has 0 aromatic carbocycles. The summed E-state index contributed by atoms with van der Waals surface area (Å²) in [6, 6.07) is 2.74. The van der Waals surface area contributed by atoms with Crippen LogP contribution in [0.25, 0.3) is 10.2 Å². The van der Waals surface area contributed by atoms with Gasteiger partial charge in [-0.25, -0.2) is 4.98 Å². The molecule has 3 heterocycles. The van der Waals surface area contributed by atoms with Crippen molar-refractivity contribution in [2.75, 3.05) is 30.7 Å². The zero-order valence-corrected chi connectivity index (χ0v) is 12.8. The lowest BCUT2D eigenvalue weighted by atomic mass is 10.2. The average molecular weight is 291 g/mol. The summed E-state index contributed by atoms with van der Waals surface area (Å²) >= 11 is 1.66. The molecule has 108 valence electrons. The quantitative estimate of drug-likeness (QED) is 0.906. The first-order valence-electron chi connectivity index (χ1n) is 7.19. The summed E-state index contributed by atoms with van der Waals surface area (Å²) < 4.78 is 0. The van der Waals surface area contributed by atoms with Crippen molar-refractivity contribution in [3.63, 3.8) is 0 Å². The van der Waals surface area contributed by atoms with E-state index in [1.807, 2.05) is 0 Å². The molecule has 3 N–H and O–H groups in total. The smallest absolute Gasteiger partial charge is 0.223 e. The van der Waals surface area contributed by atoms with Crippen molar-refractivity contribution in [2.24, 2.45) is 0 Å². The second kappa shape index (κ2) is 5.54. The first-order valence-corrected chi connectivity index (χ1v) is 8.00. The van der Waals surface area contributed by atoms with Crippen LogP contribution >= 0.6 is 11.3 Å². The van der Waals surface area contributed by atoms with Gasteiger partial charge in [0.2, 0.25) is 5.95 Å². The number of fused-ring (bicyclic) bond motifs is 1. The molecule has 20 heavy (non-hydrogen) atoms. The van der Waals surface area contributed by atoms with Gasteiger partial charge in [0.1, 0.15) is 10.6 Å². The maximum atomic E-state index is 5.81. The maximum Gasteiger partial charge on any atom is 0.223 e. The molecule has 0 saturated carbocycles. The second-order valence-electron chi connectivity index (χ2n) is 5.31. The summed E-state index contributed by atoms with van der Waals surface area (Å²) in [5, 5.41) is 4.57. The summed E-state index contributed by atoms with van der Waals surface area (Å²) in [4.78, 5) is 13.4. The number of rotatable bonds is 4. The molecule has 6 heteroatoms. The molecule has 0 amide bonds. The second-order valence-corrected chi connectivity index (χ2v) is 6.55. The monoisotopic (exact) mass is 291 g/mol. The zero-order chi connectivity index (χ0) is 14.1. The number of aromatic nitrogens is 2. The first kappa shape index (κ1) is 13.6. The van der Waals surface area contributed by atoms with Crippen LogP contribution < -0.4 is 11.1 Å². The fourth-order valence-electron chi connectivity index (χ4n) is 2.95. The van der Waals surface area contributed by atoms with Crippen molar-refractivity contribution in [3.05, 3.63) is 10.9 Å². The molecular formula is C14H21N5S. The van der Waals surface area contributed by atoms with Crippen molar-refractivity contribution in [2.45, 2.75) is 32.7 Å². The first-order chi connectivity index (χ1) is 9.67. The van der Waals surface area contributed by atoms with Crippen LogP contribution in [0.4, 0.5) is 11.8 Å². The van der Waals surface area contributed by atoms with Gasteiger partial charge in [-0.3, -0.25) is 4.90 Å². The minimum Gasteiger partial charge on any atom is -0.368 e. The largest absolute Gasteiger partial charge is 0.368 e. The molecule has 1 atom stereocenters. The summed E-state index contributed by atoms with van der Waals surface area (Å²) in [5.41, 5.74) is 5.81. The van der Waals surface area contributed by atoms with E-state index in [0.29, 0.717) is 12.0 Å². The van der Waals surface area contributed by atoms with Gasteiger partial charge in [-0.15, -0.1) is 11.3 Å². The van der Waals surface area contributed by atoms with E-state index < -0.39 is 0 Å². The van der Waals surface area contributed by atoms with Crippen LogP contribution in [-0.2, 0) is 0 Å². The average Bonchev–Trinajstić information content (AvgIpc) is 3.00. The standard InChI is InChI=1S/C14H21N5S/c1-3-19-6-4-5-10(19)8-16-12-11-7-9(2)20-13(11)18-14(15)17-12/h7,10H,3-6,8H2,1-2H3,(H3,15,16,17,18). The minimum atomic E-state index is 0.348. The molecule has 0 radical (unpaired) electrons. The SMILES string of the molecule is CCN1CCCC1CNc1nc(N)nc2sc(C)cc12. The van der Waals surface area contributed by atoms with Crippen LogP contribution in [0, 0.1) is 6.92 Å². The van der Waals surface area contributed by atoms with Crippen molar-refractivity contribution in [1.29, 1.82) is 0 Å². The number of nitrogens with two attached hydrogens (primary N) is 1. The lowest BCUT2D eigenvalue weighted by Crippen LogP contribution is -2.34. The Balaban J connectivity index is 1.80. The topological polar surface area (TPSA) is 67.1 Å². The van der Waals surface area contributed by atoms with Gasteiger partial charge in [0, 0.05) is 17.5 Å². The van der Waals surface area contributed by atoms with Gasteiger partial charge >= 0.3 is 0 Å². The van der Waals surface area contributed by atoms with Gasteiger partial charge in [0.15, 0.2) is 0 Å². The van der Waals surface area contributed by atoms with Gasteiger partial charge in [0.25, 0.3) is 0 Å². The van der Waals surface area contributed by atoms with Gasteiger partial charge in [-0.05, 0) is 38.9 Å². The van der Waals surface area contributed by atoms with Gasteiger partial charge in [-0.2, -0.15) is 4.98 Å². The number of likely N-dealkylation sites (N-methyl/N-ethyl adjacent to an activating group) is 1. The normalized spacial score (nSPS) is 19.8. The summed E-state index contributed by atoms with van der Waals surface area (Å²) in [6.45, 7) is 7.56. The number of anilines is 2.